The molecule has 0 saturated heterocycles. The first-order valence-electron chi connectivity index (χ1n) is 8.88. The highest BCUT2D eigenvalue weighted by molar-refractivity contribution is 9.11. The van der Waals surface area contributed by atoms with Gasteiger partial charge in [-0.15, -0.1) is 0 Å². The summed E-state index contributed by atoms with van der Waals surface area (Å²) in [6, 6.07) is 12.0. The molecule has 2 aromatic carbocycles. The first-order valence-corrected chi connectivity index (χ1v) is 11.3. The average molecular weight is 646 g/mol. The van der Waals surface area contributed by atoms with Gasteiger partial charge >= 0.3 is 11.9 Å². The molecule has 1 N–H and O–H groups in total. The van der Waals surface area contributed by atoms with Gasteiger partial charge in [-0.2, -0.15) is 5.10 Å². The standard InChI is InChI=1S/C20H12Br3N3O7/c21-12-7-14(22)19(15(23)8-12)31-10-17(27)25-24-9-11-1-3-13(4-2-11)32-20(28)16-5-6-18(33-16)26(29)30/h1-9H,10H2,(H,25,27). The summed E-state index contributed by atoms with van der Waals surface area (Å²) in [5, 5.41) is 14.5. The minimum absolute atomic E-state index is 0.194. The number of nitrogens with zero attached hydrogens (tertiary/aromatic N) is 2. The Morgan fingerprint density at radius 3 is 2.36 bits per heavy atom. The van der Waals surface area contributed by atoms with Crippen LogP contribution in [0.25, 0.3) is 0 Å². The van der Waals surface area contributed by atoms with Gasteiger partial charge in [0, 0.05) is 4.47 Å². The summed E-state index contributed by atoms with van der Waals surface area (Å²) in [4.78, 5) is 33.8. The second kappa shape index (κ2) is 11.2. The van der Waals surface area contributed by atoms with Crippen molar-refractivity contribution in [2.45, 2.75) is 0 Å². The minimum Gasteiger partial charge on any atom is -0.481 e. The third-order valence-electron chi connectivity index (χ3n) is 3.78. The normalized spacial score (nSPS) is 10.8. The van der Waals surface area contributed by atoms with Crippen LogP contribution in [0.2, 0.25) is 0 Å². The van der Waals surface area contributed by atoms with Gasteiger partial charge in [-0.3, -0.25) is 14.9 Å². The van der Waals surface area contributed by atoms with E-state index in [1.165, 1.54) is 18.3 Å². The summed E-state index contributed by atoms with van der Waals surface area (Å²) in [6.45, 7) is -0.254. The molecule has 3 aromatic rings. The van der Waals surface area contributed by atoms with E-state index >= 15 is 0 Å². The fourth-order valence-corrected chi connectivity index (χ4v) is 4.82. The summed E-state index contributed by atoms with van der Waals surface area (Å²) >= 11 is 10.1. The average Bonchev–Trinajstić information content (AvgIpc) is 3.25. The first kappa shape index (κ1) is 24.6. The molecule has 3 rings (SSSR count). The number of nitro groups is 1. The van der Waals surface area contributed by atoms with Crippen LogP contribution in [0.15, 0.2) is 71.5 Å². The van der Waals surface area contributed by atoms with Crippen molar-refractivity contribution in [2.24, 2.45) is 5.10 Å². The number of furan rings is 1. The Kier molecular flexibility index (Phi) is 8.36. The van der Waals surface area contributed by atoms with Crippen LogP contribution < -0.4 is 14.9 Å². The Hall–Kier alpha value is -3.03. The molecule has 170 valence electrons. The predicted octanol–water partition coefficient (Wildman–Crippen LogP) is 5.22. The largest absolute Gasteiger partial charge is 0.481 e. The predicted molar refractivity (Wildman–Crippen MR) is 128 cm³/mol. The quantitative estimate of drug-likeness (QED) is 0.117. The number of benzene rings is 2. The topological polar surface area (TPSA) is 133 Å². The van der Waals surface area contributed by atoms with Crippen molar-refractivity contribution >= 4 is 71.8 Å². The second-order valence-corrected chi connectivity index (χ2v) is 8.76. The van der Waals surface area contributed by atoms with Gasteiger partial charge < -0.3 is 13.9 Å². The molecule has 0 aliphatic heterocycles. The molecular formula is C20H12Br3N3O7. The SMILES string of the molecule is O=C(COc1c(Br)cc(Br)cc1Br)NN=Cc1ccc(OC(=O)c2ccc([N+](=O)[O-])o2)cc1. The first-order chi connectivity index (χ1) is 15.7. The summed E-state index contributed by atoms with van der Waals surface area (Å²) in [7, 11) is 0. The number of amides is 1. The summed E-state index contributed by atoms with van der Waals surface area (Å²) in [5.41, 5.74) is 2.96. The molecule has 0 bridgehead atoms. The van der Waals surface area contributed by atoms with Gasteiger partial charge in [0.15, 0.2) is 6.61 Å². The second-order valence-electron chi connectivity index (χ2n) is 6.13. The van der Waals surface area contributed by atoms with Crippen molar-refractivity contribution in [1.29, 1.82) is 0 Å². The zero-order valence-electron chi connectivity index (χ0n) is 16.3. The smallest absolute Gasteiger partial charge is 0.433 e. The van der Waals surface area contributed by atoms with E-state index in [0.717, 1.165) is 16.6 Å². The van der Waals surface area contributed by atoms with Crippen LogP contribution in [-0.2, 0) is 4.79 Å². The maximum Gasteiger partial charge on any atom is 0.433 e. The Morgan fingerprint density at radius 2 is 1.76 bits per heavy atom. The van der Waals surface area contributed by atoms with Crippen molar-refractivity contribution in [1.82, 2.24) is 5.43 Å². The molecule has 1 aromatic heterocycles. The molecule has 1 amide bonds. The van der Waals surface area contributed by atoms with Gasteiger partial charge in [-0.25, -0.2) is 10.2 Å². The van der Waals surface area contributed by atoms with E-state index < -0.39 is 22.7 Å². The van der Waals surface area contributed by atoms with E-state index in [-0.39, 0.29) is 18.1 Å². The highest BCUT2D eigenvalue weighted by Gasteiger charge is 2.19. The number of halogens is 3. The van der Waals surface area contributed by atoms with Gasteiger partial charge in [-0.1, -0.05) is 15.9 Å². The number of hydrogen-bond donors (Lipinski definition) is 1. The van der Waals surface area contributed by atoms with Crippen molar-refractivity contribution in [3.63, 3.8) is 0 Å². The summed E-state index contributed by atoms with van der Waals surface area (Å²) < 4.78 is 17.6. The number of ether oxygens (including phenoxy) is 2. The lowest BCUT2D eigenvalue weighted by Gasteiger charge is -2.09. The molecule has 1 heterocycles. The number of hydrazone groups is 1. The van der Waals surface area contributed by atoms with Crippen LogP contribution in [0.3, 0.4) is 0 Å². The van der Waals surface area contributed by atoms with Gasteiger partial charge in [0.2, 0.25) is 5.76 Å². The lowest BCUT2D eigenvalue weighted by Crippen LogP contribution is -2.24. The highest BCUT2D eigenvalue weighted by atomic mass is 79.9. The van der Waals surface area contributed by atoms with Gasteiger partial charge in [-0.05, 0) is 79.9 Å². The van der Waals surface area contributed by atoms with E-state index in [4.69, 9.17) is 13.9 Å². The maximum absolute atomic E-state index is 12.0. The van der Waals surface area contributed by atoms with Crippen LogP contribution in [0.5, 0.6) is 11.5 Å². The van der Waals surface area contributed by atoms with Crippen LogP contribution >= 0.6 is 47.8 Å². The summed E-state index contributed by atoms with van der Waals surface area (Å²) in [5.74, 6) is -1.52. The number of nitrogens with one attached hydrogen (secondary N) is 1. The minimum atomic E-state index is -0.874. The van der Waals surface area contributed by atoms with Crippen LogP contribution in [0, 0.1) is 10.1 Å². The third kappa shape index (κ3) is 6.97. The molecule has 0 saturated carbocycles. The molecule has 0 aliphatic rings. The fourth-order valence-electron chi connectivity index (χ4n) is 2.33. The Balaban J connectivity index is 1.49. The van der Waals surface area contributed by atoms with E-state index in [0.29, 0.717) is 20.3 Å². The Morgan fingerprint density at radius 1 is 1.09 bits per heavy atom. The molecule has 10 nitrogen and oxygen atoms in total. The molecule has 13 heteroatoms. The van der Waals surface area contributed by atoms with Crippen molar-refractivity contribution in [3.8, 4) is 11.5 Å². The third-order valence-corrected chi connectivity index (χ3v) is 5.41. The van der Waals surface area contributed by atoms with Crippen molar-refractivity contribution in [3.05, 3.63) is 83.4 Å². The number of carbonyl (C=O) groups excluding carboxylic acids is 2. The molecule has 0 fully saturated rings. The zero-order chi connectivity index (χ0) is 24.0. The van der Waals surface area contributed by atoms with Gasteiger partial charge in [0.1, 0.15) is 16.4 Å². The van der Waals surface area contributed by atoms with E-state index in [9.17, 15) is 19.7 Å². The van der Waals surface area contributed by atoms with Crippen LogP contribution in [-0.4, -0.2) is 29.6 Å². The zero-order valence-corrected chi connectivity index (χ0v) is 21.0. The summed E-state index contributed by atoms with van der Waals surface area (Å²) in [6.07, 6.45) is 1.39. The molecule has 0 aliphatic carbocycles. The van der Waals surface area contributed by atoms with Crippen molar-refractivity contribution < 1.29 is 28.4 Å². The molecule has 0 radical (unpaired) electrons. The molecular weight excluding hydrogens is 634 g/mol. The maximum atomic E-state index is 12.0. The molecule has 0 unspecified atom stereocenters. The Labute approximate surface area is 211 Å². The molecule has 0 atom stereocenters. The lowest BCUT2D eigenvalue weighted by molar-refractivity contribution is -0.402. The monoisotopic (exact) mass is 643 g/mol. The van der Waals surface area contributed by atoms with Crippen LogP contribution in [0.4, 0.5) is 5.88 Å². The number of hydrogen-bond acceptors (Lipinski definition) is 8. The van der Waals surface area contributed by atoms with E-state index in [1.54, 1.807) is 24.3 Å². The number of esters is 1. The molecule has 0 spiro atoms. The van der Waals surface area contributed by atoms with E-state index in [1.807, 2.05) is 0 Å². The number of carbonyl (C=O) groups is 2. The highest BCUT2D eigenvalue weighted by Crippen LogP contribution is 2.36. The number of rotatable bonds is 8. The van der Waals surface area contributed by atoms with Crippen molar-refractivity contribution in [2.75, 3.05) is 6.61 Å². The molecule has 33 heavy (non-hydrogen) atoms. The lowest BCUT2D eigenvalue weighted by atomic mass is 10.2. The van der Waals surface area contributed by atoms with Crippen LogP contribution in [0.1, 0.15) is 16.1 Å². The fraction of sp³-hybridized carbons (Fsp3) is 0.0500. The van der Waals surface area contributed by atoms with Gasteiger partial charge in [0.25, 0.3) is 5.91 Å². The van der Waals surface area contributed by atoms with Gasteiger partial charge in [0.05, 0.1) is 21.2 Å². The van der Waals surface area contributed by atoms with E-state index in [2.05, 4.69) is 58.3 Å². The Bertz CT molecular complexity index is 1200.